The van der Waals surface area contributed by atoms with Crippen molar-refractivity contribution in [3.63, 3.8) is 0 Å². The average molecular weight is 250 g/mol. The second-order valence-electron chi connectivity index (χ2n) is 4.50. The van der Waals surface area contributed by atoms with Gasteiger partial charge in [0.2, 0.25) is 0 Å². The minimum Gasteiger partial charge on any atom is -0.359 e. The molecule has 0 heterocycles. The maximum absolute atomic E-state index is 11.7. The lowest BCUT2D eigenvalue weighted by Crippen LogP contribution is -2.12. The molecule has 100 valence electrons. The highest BCUT2D eigenvalue weighted by Gasteiger charge is 2.10. The maximum Gasteiger partial charge on any atom is 0.147 e. The van der Waals surface area contributed by atoms with Gasteiger partial charge in [0.05, 0.1) is 12.0 Å². The monoisotopic (exact) mass is 250 g/mol. The maximum atomic E-state index is 11.7. The van der Waals surface area contributed by atoms with Crippen molar-refractivity contribution in [3.8, 4) is 11.8 Å². The Kier molecular flexibility index (Phi) is 7.40. The van der Waals surface area contributed by atoms with Crippen LogP contribution in [0.3, 0.4) is 0 Å². The van der Waals surface area contributed by atoms with Crippen LogP contribution in [0.2, 0.25) is 0 Å². The van der Waals surface area contributed by atoms with Gasteiger partial charge in [-0.1, -0.05) is 24.0 Å². The van der Waals surface area contributed by atoms with Crippen LogP contribution in [0.4, 0.5) is 0 Å². The summed E-state index contributed by atoms with van der Waals surface area (Å²) < 4.78 is 10.4. The number of carbonyl (C=O) groups is 1. The van der Waals surface area contributed by atoms with Gasteiger partial charge in [0, 0.05) is 20.0 Å². The second kappa shape index (κ2) is 8.91. The summed E-state index contributed by atoms with van der Waals surface area (Å²) in [6.45, 7) is 2.15. The lowest BCUT2D eigenvalue weighted by molar-refractivity contribution is -0.120. The zero-order valence-electron chi connectivity index (χ0n) is 11.3. The Morgan fingerprint density at radius 3 is 3.06 bits per heavy atom. The molecular formula is C15H22O3. The first-order valence-corrected chi connectivity index (χ1v) is 6.52. The third kappa shape index (κ3) is 6.00. The molecule has 0 aromatic heterocycles. The Morgan fingerprint density at radius 1 is 1.44 bits per heavy atom. The number of allylic oxidation sites excluding steroid dienone is 1. The van der Waals surface area contributed by atoms with Crippen LogP contribution in [0.1, 0.15) is 39.0 Å². The fourth-order valence-electron chi connectivity index (χ4n) is 1.76. The first kappa shape index (κ1) is 14.9. The summed E-state index contributed by atoms with van der Waals surface area (Å²) in [5.41, 5.74) is 0. The first-order chi connectivity index (χ1) is 8.74. The summed E-state index contributed by atoms with van der Waals surface area (Å²) in [6.07, 6.45) is 8.34. The smallest absolute Gasteiger partial charge is 0.147 e. The van der Waals surface area contributed by atoms with Gasteiger partial charge in [0.25, 0.3) is 0 Å². The number of rotatable bonds is 3. The van der Waals surface area contributed by atoms with Gasteiger partial charge < -0.3 is 9.47 Å². The van der Waals surface area contributed by atoms with Gasteiger partial charge in [-0.25, -0.2) is 0 Å². The normalized spacial score (nSPS) is 27.6. The molecule has 0 aliphatic heterocycles. The first-order valence-electron chi connectivity index (χ1n) is 6.52. The van der Waals surface area contributed by atoms with E-state index in [0.717, 1.165) is 19.3 Å². The number of ketones is 1. The molecule has 0 aromatic carbocycles. The van der Waals surface area contributed by atoms with Crippen LogP contribution in [-0.2, 0) is 14.3 Å². The molecule has 0 saturated heterocycles. The van der Waals surface area contributed by atoms with Crippen LogP contribution in [-0.4, -0.2) is 25.8 Å². The molecule has 0 bridgehead atoms. The van der Waals surface area contributed by atoms with Gasteiger partial charge >= 0.3 is 0 Å². The van der Waals surface area contributed by atoms with E-state index in [0.29, 0.717) is 12.8 Å². The molecule has 0 N–H and O–H groups in total. The lowest BCUT2D eigenvalue weighted by Gasteiger charge is -2.11. The highest BCUT2D eigenvalue weighted by Crippen LogP contribution is 2.10. The minimum atomic E-state index is -0.156. The van der Waals surface area contributed by atoms with Crippen LogP contribution in [0.15, 0.2) is 12.2 Å². The number of carbonyl (C=O) groups excluding carboxylic acids is 1. The number of ether oxygens (including phenoxy) is 2. The summed E-state index contributed by atoms with van der Waals surface area (Å²) in [6, 6.07) is 0. The fraction of sp³-hybridized carbons (Fsp3) is 0.667. The average Bonchev–Trinajstić information content (AvgIpc) is 2.37. The SMILES string of the molecule is COCOC1/C=C/CCCCC(=O)C(C)C#CC1. The Bertz CT molecular complexity index is 335. The quantitative estimate of drug-likeness (QED) is 0.439. The molecule has 0 amide bonds. The topological polar surface area (TPSA) is 35.5 Å². The number of Topliss-reactive ketones (excluding diaryl/α,β-unsaturated/α-hetero) is 1. The molecule has 2 unspecified atom stereocenters. The second-order valence-corrected chi connectivity index (χ2v) is 4.50. The Hall–Kier alpha value is -1.11. The van der Waals surface area contributed by atoms with Crippen molar-refractivity contribution >= 4 is 5.78 Å². The van der Waals surface area contributed by atoms with E-state index < -0.39 is 0 Å². The standard InChI is InChI=1S/C15H22O3/c1-13-8-7-10-14(18-12-17-2)9-5-3-4-6-11-15(13)16/h5,9,13-14H,3-4,6,10-12H2,1-2H3/b9-5+. The van der Waals surface area contributed by atoms with Gasteiger partial charge in [0.1, 0.15) is 12.6 Å². The van der Waals surface area contributed by atoms with Crippen LogP contribution in [0, 0.1) is 17.8 Å². The molecule has 18 heavy (non-hydrogen) atoms. The molecule has 0 aromatic rings. The van der Waals surface area contributed by atoms with Crippen molar-refractivity contribution in [2.24, 2.45) is 5.92 Å². The summed E-state index contributed by atoms with van der Waals surface area (Å²) in [4.78, 5) is 11.7. The van der Waals surface area contributed by atoms with Crippen LogP contribution >= 0.6 is 0 Å². The molecule has 0 radical (unpaired) electrons. The molecule has 0 fully saturated rings. The Labute approximate surface area is 110 Å². The molecule has 1 rings (SSSR count). The lowest BCUT2D eigenvalue weighted by atomic mass is 10.00. The van der Waals surface area contributed by atoms with E-state index in [1.165, 1.54) is 0 Å². The van der Waals surface area contributed by atoms with Gasteiger partial charge in [-0.15, -0.1) is 0 Å². The number of methoxy groups -OCH3 is 1. The van der Waals surface area contributed by atoms with E-state index in [9.17, 15) is 4.79 Å². The molecule has 3 heteroatoms. The van der Waals surface area contributed by atoms with Crippen LogP contribution in [0.5, 0.6) is 0 Å². The predicted octanol–water partition coefficient (Wildman–Crippen LogP) is 2.70. The molecule has 1 aliphatic carbocycles. The molecule has 0 spiro atoms. The molecule has 3 nitrogen and oxygen atoms in total. The third-order valence-corrected chi connectivity index (χ3v) is 2.90. The van der Waals surface area contributed by atoms with E-state index in [2.05, 4.69) is 17.9 Å². The number of hydrogen-bond donors (Lipinski definition) is 0. The van der Waals surface area contributed by atoms with Crippen LogP contribution in [0.25, 0.3) is 0 Å². The van der Waals surface area contributed by atoms with Gasteiger partial charge in [-0.2, -0.15) is 0 Å². The van der Waals surface area contributed by atoms with E-state index in [1.54, 1.807) is 7.11 Å². The summed E-state index contributed by atoms with van der Waals surface area (Å²) in [5, 5.41) is 0. The Morgan fingerprint density at radius 2 is 2.28 bits per heavy atom. The van der Waals surface area contributed by atoms with E-state index in [-0.39, 0.29) is 24.6 Å². The Balaban J connectivity index is 2.61. The fourth-order valence-corrected chi connectivity index (χ4v) is 1.76. The molecule has 1 aliphatic rings. The van der Waals surface area contributed by atoms with Crippen molar-refractivity contribution in [3.05, 3.63) is 12.2 Å². The van der Waals surface area contributed by atoms with E-state index in [4.69, 9.17) is 9.47 Å². The molecule has 0 saturated carbocycles. The summed E-state index contributed by atoms with van der Waals surface area (Å²) >= 11 is 0. The minimum absolute atomic E-state index is 0.0424. The predicted molar refractivity (Wildman–Crippen MR) is 70.9 cm³/mol. The molecular weight excluding hydrogens is 228 g/mol. The van der Waals surface area contributed by atoms with Crippen LogP contribution < -0.4 is 0 Å². The van der Waals surface area contributed by atoms with E-state index in [1.807, 2.05) is 13.0 Å². The largest absolute Gasteiger partial charge is 0.359 e. The zero-order valence-corrected chi connectivity index (χ0v) is 11.3. The van der Waals surface area contributed by atoms with Crippen molar-refractivity contribution in [2.45, 2.75) is 45.1 Å². The third-order valence-electron chi connectivity index (χ3n) is 2.90. The van der Waals surface area contributed by atoms with Gasteiger partial charge in [-0.3, -0.25) is 4.79 Å². The van der Waals surface area contributed by atoms with Crippen molar-refractivity contribution in [1.82, 2.24) is 0 Å². The number of hydrogen-bond acceptors (Lipinski definition) is 3. The summed E-state index contributed by atoms with van der Waals surface area (Å²) in [7, 11) is 1.60. The highest BCUT2D eigenvalue weighted by atomic mass is 16.7. The zero-order chi connectivity index (χ0) is 13.2. The molecule has 2 atom stereocenters. The highest BCUT2D eigenvalue weighted by molar-refractivity contribution is 5.83. The van der Waals surface area contributed by atoms with Gasteiger partial charge in [-0.05, 0) is 26.2 Å². The van der Waals surface area contributed by atoms with Crippen molar-refractivity contribution in [1.29, 1.82) is 0 Å². The van der Waals surface area contributed by atoms with Crippen molar-refractivity contribution < 1.29 is 14.3 Å². The van der Waals surface area contributed by atoms with E-state index >= 15 is 0 Å². The van der Waals surface area contributed by atoms with Gasteiger partial charge in [0.15, 0.2) is 0 Å². The van der Waals surface area contributed by atoms with Crippen molar-refractivity contribution in [2.75, 3.05) is 13.9 Å². The summed E-state index contributed by atoms with van der Waals surface area (Å²) in [5.74, 6) is 6.14.